The number of alkyl carbamates (subject to hydrolysis) is 1. The van der Waals surface area contributed by atoms with E-state index >= 15 is 0 Å². The van der Waals surface area contributed by atoms with Gasteiger partial charge in [-0.3, -0.25) is 9.59 Å². The molecule has 8 heteroatoms. The van der Waals surface area contributed by atoms with E-state index in [1.165, 1.54) is 11.1 Å². The zero-order valence-electron chi connectivity index (χ0n) is 18.2. The highest BCUT2D eigenvalue weighted by Crippen LogP contribution is 2.44. The van der Waals surface area contributed by atoms with E-state index in [0.717, 1.165) is 11.1 Å². The second-order valence-corrected chi connectivity index (χ2v) is 8.76. The first kappa shape index (κ1) is 22.8. The van der Waals surface area contributed by atoms with Crippen LogP contribution in [-0.2, 0) is 14.3 Å². The molecule has 1 unspecified atom stereocenters. The van der Waals surface area contributed by atoms with E-state index in [2.05, 4.69) is 34.9 Å². The van der Waals surface area contributed by atoms with Gasteiger partial charge in [0.15, 0.2) is 0 Å². The summed E-state index contributed by atoms with van der Waals surface area (Å²) in [4.78, 5) is 34.8. The molecule has 8 nitrogen and oxygen atoms in total. The molecule has 4 rings (SSSR count). The molecule has 1 atom stereocenters. The van der Waals surface area contributed by atoms with Crippen molar-refractivity contribution >= 4 is 18.0 Å². The van der Waals surface area contributed by atoms with Crippen LogP contribution >= 0.6 is 0 Å². The minimum atomic E-state index is -1.11. The topological polar surface area (TPSA) is 125 Å². The zero-order chi connectivity index (χ0) is 23.4. The summed E-state index contributed by atoms with van der Waals surface area (Å²) in [6.07, 6.45) is -0.333. The molecule has 2 aromatic carbocycles. The Hall–Kier alpha value is -3.39. The Kier molecular flexibility index (Phi) is 6.93. The number of amides is 2. The SMILES string of the molecule is O=C(O)CC(O)CNC(=O)CC1CC(NC(=O)OCC2c3ccccc3-c3ccccc32)C1. The Labute approximate surface area is 192 Å². The normalized spacial score (nSPS) is 19.5. The lowest BCUT2D eigenvalue weighted by Crippen LogP contribution is -2.46. The van der Waals surface area contributed by atoms with Crippen molar-refractivity contribution in [3.05, 3.63) is 59.7 Å². The number of hydrogen-bond acceptors (Lipinski definition) is 5. The summed E-state index contributed by atoms with van der Waals surface area (Å²) in [6, 6.07) is 16.3. The standard InChI is InChI=1S/C25H28N2O6/c28-17(12-24(30)31)13-26-23(29)11-15-9-16(10-15)27-25(32)33-14-22-20-7-3-1-5-18(20)19-6-2-4-8-21(19)22/h1-8,15-17,22,28H,9-14H2,(H,26,29)(H,27,32)(H,30,31). The van der Waals surface area contributed by atoms with Gasteiger partial charge in [0.2, 0.25) is 5.91 Å². The van der Waals surface area contributed by atoms with Crippen molar-refractivity contribution in [2.24, 2.45) is 5.92 Å². The van der Waals surface area contributed by atoms with Crippen molar-refractivity contribution in [1.29, 1.82) is 0 Å². The average Bonchev–Trinajstić information content (AvgIpc) is 3.08. The number of carboxylic acids is 1. The smallest absolute Gasteiger partial charge is 0.407 e. The largest absolute Gasteiger partial charge is 0.481 e. The molecule has 0 aliphatic heterocycles. The first-order valence-electron chi connectivity index (χ1n) is 11.2. The van der Waals surface area contributed by atoms with Crippen molar-refractivity contribution in [1.82, 2.24) is 10.6 Å². The summed E-state index contributed by atoms with van der Waals surface area (Å²) in [5.41, 5.74) is 4.68. The van der Waals surface area contributed by atoms with Crippen LogP contribution in [0.25, 0.3) is 11.1 Å². The fraction of sp³-hybridized carbons (Fsp3) is 0.400. The number of hydrogen-bond donors (Lipinski definition) is 4. The summed E-state index contributed by atoms with van der Waals surface area (Å²) in [5, 5.41) is 23.5. The number of carboxylic acid groups (broad SMARTS) is 1. The van der Waals surface area contributed by atoms with Crippen LogP contribution in [0.2, 0.25) is 0 Å². The number of ether oxygens (including phenoxy) is 1. The van der Waals surface area contributed by atoms with Gasteiger partial charge < -0.3 is 25.6 Å². The van der Waals surface area contributed by atoms with Crippen molar-refractivity contribution in [3.63, 3.8) is 0 Å². The highest BCUT2D eigenvalue weighted by molar-refractivity contribution is 5.79. The molecule has 2 aliphatic rings. The molecule has 1 saturated carbocycles. The van der Waals surface area contributed by atoms with Crippen LogP contribution < -0.4 is 10.6 Å². The lowest BCUT2D eigenvalue weighted by molar-refractivity contribution is -0.139. The minimum absolute atomic E-state index is 0.0115. The number of aliphatic carboxylic acids is 1. The molecule has 33 heavy (non-hydrogen) atoms. The van der Waals surface area contributed by atoms with Gasteiger partial charge >= 0.3 is 12.1 Å². The predicted molar refractivity (Wildman–Crippen MR) is 121 cm³/mol. The third-order valence-corrected chi connectivity index (χ3v) is 6.32. The molecule has 4 N–H and O–H groups in total. The van der Waals surface area contributed by atoms with Gasteiger partial charge in [-0.1, -0.05) is 48.5 Å². The molecule has 2 aliphatic carbocycles. The highest BCUT2D eigenvalue weighted by Gasteiger charge is 2.33. The summed E-state index contributed by atoms with van der Waals surface area (Å²) >= 11 is 0. The van der Waals surface area contributed by atoms with E-state index in [-0.39, 0.29) is 43.4 Å². The van der Waals surface area contributed by atoms with Crippen LogP contribution in [0.4, 0.5) is 4.79 Å². The molecule has 2 amide bonds. The van der Waals surface area contributed by atoms with E-state index in [1.807, 2.05) is 24.3 Å². The maximum Gasteiger partial charge on any atom is 0.407 e. The molecule has 0 bridgehead atoms. The summed E-state index contributed by atoms with van der Waals surface area (Å²) in [7, 11) is 0. The van der Waals surface area contributed by atoms with Gasteiger partial charge in [-0.2, -0.15) is 0 Å². The summed E-state index contributed by atoms with van der Waals surface area (Å²) in [5.74, 6) is -1.19. The quantitative estimate of drug-likeness (QED) is 0.464. The molecule has 0 radical (unpaired) electrons. The van der Waals surface area contributed by atoms with Crippen molar-refractivity contribution in [2.45, 2.75) is 43.7 Å². The van der Waals surface area contributed by atoms with Crippen LogP contribution in [-0.4, -0.2) is 53.5 Å². The van der Waals surface area contributed by atoms with Crippen LogP contribution in [0.1, 0.15) is 42.7 Å². The van der Waals surface area contributed by atoms with Crippen LogP contribution in [0, 0.1) is 5.92 Å². The fourth-order valence-electron chi connectivity index (χ4n) is 4.67. The van der Waals surface area contributed by atoms with Crippen LogP contribution in [0.15, 0.2) is 48.5 Å². The summed E-state index contributed by atoms with van der Waals surface area (Å²) in [6.45, 7) is 0.177. The second-order valence-electron chi connectivity index (χ2n) is 8.76. The number of rotatable bonds is 9. The Morgan fingerprint density at radius 2 is 1.61 bits per heavy atom. The van der Waals surface area contributed by atoms with Gasteiger partial charge in [0.25, 0.3) is 0 Å². The maximum absolute atomic E-state index is 12.3. The first-order chi connectivity index (χ1) is 15.9. The van der Waals surface area contributed by atoms with E-state index in [0.29, 0.717) is 12.8 Å². The Bertz CT molecular complexity index is 988. The maximum atomic E-state index is 12.3. The van der Waals surface area contributed by atoms with E-state index in [4.69, 9.17) is 9.84 Å². The molecule has 0 spiro atoms. The molecule has 0 heterocycles. The highest BCUT2D eigenvalue weighted by atomic mass is 16.5. The first-order valence-corrected chi connectivity index (χ1v) is 11.2. The number of fused-ring (bicyclic) bond motifs is 3. The number of carbonyl (C=O) groups is 3. The Morgan fingerprint density at radius 1 is 1.00 bits per heavy atom. The van der Waals surface area contributed by atoms with Gasteiger partial charge in [-0.15, -0.1) is 0 Å². The van der Waals surface area contributed by atoms with Crippen molar-refractivity contribution < 1.29 is 29.3 Å². The Morgan fingerprint density at radius 3 is 2.21 bits per heavy atom. The van der Waals surface area contributed by atoms with Crippen molar-refractivity contribution in [3.8, 4) is 11.1 Å². The number of aliphatic hydroxyl groups is 1. The van der Waals surface area contributed by atoms with Crippen molar-refractivity contribution in [2.75, 3.05) is 13.2 Å². The third kappa shape index (κ3) is 5.51. The van der Waals surface area contributed by atoms with Gasteiger partial charge in [0, 0.05) is 24.9 Å². The predicted octanol–water partition coefficient (Wildman–Crippen LogP) is 2.65. The third-order valence-electron chi connectivity index (χ3n) is 6.32. The van der Waals surface area contributed by atoms with Gasteiger partial charge in [0.1, 0.15) is 6.61 Å². The molecule has 2 aromatic rings. The van der Waals surface area contributed by atoms with Gasteiger partial charge in [-0.25, -0.2) is 4.79 Å². The van der Waals surface area contributed by atoms with E-state index in [9.17, 15) is 19.5 Å². The van der Waals surface area contributed by atoms with Gasteiger partial charge in [0.05, 0.1) is 12.5 Å². The van der Waals surface area contributed by atoms with Crippen LogP contribution in [0.5, 0.6) is 0 Å². The number of aliphatic hydroxyl groups excluding tert-OH is 1. The molecule has 1 fully saturated rings. The number of benzene rings is 2. The van der Waals surface area contributed by atoms with E-state index < -0.39 is 24.6 Å². The monoisotopic (exact) mass is 452 g/mol. The number of carbonyl (C=O) groups excluding carboxylic acids is 2. The number of nitrogens with one attached hydrogen (secondary N) is 2. The lowest BCUT2D eigenvalue weighted by Gasteiger charge is -2.35. The van der Waals surface area contributed by atoms with Crippen LogP contribution in [0.3, 0.4) is 0 Å². The molecular weight excluding hydrogens is 424 g/mol. The average molecular weight is 453 g/mol. The molecule has 0 saturated heterocycles. The minimum Gasteiger partial charge on any atom is -0.481 e. The zero-order valence-corrected chi connectivity index (χ0v) is 18.2. The lowest BCUT2D eigenvalue weighted by atomic mass is 9.78. The van der Waals surface area contributed by atoms with Gasteiger partial charge in [-0.05, 0) is 41.0 Å². The molecule has 174 valence electrons. The fourth-order valence-corrected chi connectivity index (χ4v) is 4.67. The molecular formula is C25H28N2O6. The molecule has 0 aromatic heterocycles. The Balaban J connectivity index is 1.18. The summed E-state index contributed by atoms with van der Waals surface area (Å²) < 4.78 is 5.55. The second kappa shape index (κ2) is 10.0. The van der Waals surface area contributed by atoms with E-state index in [1.54, 1.807) is 0 Å².